The number of nitrogens with zero attached hydrogens (tertiary/aromatic N) is 1. The molecule has 5 heteroatoms. The summed E-state index contributed by atoms with van der Waals surface area (Å²) in [6, 6.07) is 13.2. The molecular weight excluding hydrogens is 330 g/mol. The van der Waals surface area contributed by atoms with Crippen LogP contribution >= 0.6 is 0 Å². The second-order valence-corrected chi connectivity index (χ2v) is 6.82. The molecule has 0 saturated carbocycles. The second-order valence-electron chi connectivity index (χ2n) is 6.82. The quantitative estimate of drug-likeness (QED) is 0.916. The number of hydrogen-bond acceptors (Lipinski definition) is 3. The van der Waals surface area contributed by atoms with Crippen LogP contribution in [0.15, 0.2) is 42.5 Å². The molecule has 0 radical (unpaired) electrons. The number of ether oxygens (including phenoxy) is 1. The van der Waals surface area contributed by atoms with E-state index in [2.05, 4.69) is 0 Å². The van der Waals surface area contributed by atoms with Gasteiger partial charge in [0.15, 0.2) is 0 Å². The Labute approximate surface area is 153 Å². The number of hydrogen-bond donors (Lipinski definition) is 1. The molecule has 5 nitrogen and oxygen atoms in total. The highest BCUT2D eigenvalue weighted by atomic mass is 16.5. The van der Waals surface area contributed by atoms with E-state index in [0.717, 1.165) is 16.7 Å². The van der Waals surface area contributed by atoms with Crippen molar-refractivity contribution in [2.24, 2.45) is 5.92 Å². The number of aryl methyl sites for hydroxylation is 2. The average Bonchev–Trinajstić information content (AvgIpc) is 3.08. The van der Waals surface area contributed by atoms with Gasteiger partial charge < -0.3 is 14.7 Å². The first-order valence-corrected chi connectivity index (χ1v) is 8.64. The summed E-state index contributed by atoms with van der Waals surface area (Å²) in [6.07, 6.45) is 0. The lowest BCUT2D eigenvalue weighted by Crippen LogP contribution is -2.30. The first-order chi connectivity index (χ1) is 12.4. The number of carbonyl (C=O) groups excluding carboxylic acids is 1. The first kappa shape index (κ1) is 18.0. The molecule has 2 atom stereocenters. The zero-order valence-electron chi connectivity index (χ0n) is 15.2. The Morgan fingerprint density at radius 3 is 2.54 bits per heavy atom. The fourth-order valence-corrected chi connectivity index (χ4v) is 3.64. The number of benzene rings is 2. The molecule has 136 valence electrons. The van der Waals surface area contributed by atoms with Gasteiger partial charge in [-0.05, 0) is 37.1 Å². The molecule has 1 heterocycles. The van der Waals surface area contributed by atoms with Crippen LogP contribution in [-0.2, 0) is 4.79 Å². The number of amides is 1. The SMILES string of the molecule is COc1ccccc1[C@@H]1CN(C(=O)c2cc(C)ccc2C)C[C@H]1C(=O)O. The fourth-order valence-electron chi connectivity index (χ4n) is 3.64. The zero-order valence-corrected chi connectivity index (χ0v) is 15.2. The van der Waals surface area contributed by atoms with Crippen LogP contribution in [0.2, 0.25) is 0 Å². The van der Waals surface area contributed by atoms with E-state index < -0.39 is 11.9 Å². The van der Waals surface area contributed by atoms with Crippen molar-refractivity contribution >= 4 is 11.9 Å². The summed E-state index contributed by atoms with van der Waals surface area (Å²) in [5, 5.41) is 9.70. The summed E-state index contributed by atoms with van der Waals surface area (Å²) in [5.74, 6) is -1.30. The molecule has 2 aromatic carbocycles. The average molecular weight is 353 g/mol. The summed E-state index contributed by atoms with van der Waals surface area (Å²) in [7, 11) is 1.57. The van der Waals surface area contributed by atoms with Gasteiger partial charge in [0.05, 0.1) is 13.0 Å². The molecule has 1 aliphatic heterocycles. The Bertz CT molecular complexity index is 846. The van der Waals surface area contributed by atoms with Crippen molar-refractivity contribution in [3.05, 3.63) is 64.7 Å². The topological polar surface area (TPSA) is 66.8 Å². The normalized spacial score (nSPS) is 19.4. The number of aliphatic carboxylic acids is 1. The molecule has 0 aliphatic carbocycles. The molecule has 26 heavy (non-hydrogen) atoms. The van der Waals surface area contributed by atoms with E-state index in [1.165, 1.54) is 0 Å². The molecule has 1 saturated heterocycles. The van der Waals surface area contributed by atoms with Gasteiger partial charge in [-0.3, -0.25) is 9.59 Å². The van der Waals surface area contributed by atoms with Gasteiger partial charge in [-0.25, -0.2) is 0 Å². The number of carbonyl (C=O) groups is 2. The Morgan fingerprint density at radius 1 is 1.12 bits per heavy atom. The predicted molar refractivity (Wildman–Crippen MR) is 98.7 cm³/mol. The summed E-state index contributed by atoms with van der Waals surface area (Å²) in [6.45, 7) is 4.40. The highest BCUT2D eigenvalue weighted by Gasteiger charge is 2.41. The van der Waals surface area contributed by atoms with Crippen molar-refractivity contribution in [3.63, 3.8) is 0 Å². The van der Waals surface area contributed by atoms with Crippen LogP contribution in [0.4, 0.5) is 0 Å². The van der Waals surface area contributed by atoms with E-state index in [1.54, 1.807) is 12.0 Å². The predicted octanol–water partition coefficient (Wildman–Crippen LogP) is 3.25. The molecule has 1 N–H and O–H groups in total. The van der Waals surface area contributed by atoms with E-state index in [-0.39, 0.29) is 18.4 Å². The molecule has 1 amide bonds. The smallest absolute Gasteiger partial charge is 0.308 e. The maximum Gasteiger partial charge on any atom is 0.308 e. The summed E-state index contributed by atoms with van der Waals surface area (Å²) < 4.78 is 5.40. The van der Waals surface area contributed by atoms with E-state index >= 15 is 0 Å². The first-order valence-electron chi connectivity index (χ1n) is 8.64. The third-order valence-corrected chi connectivity index (χ3v) is 5.09. The van der Waals surface area contributed by atoms with Gasteiger partial charge in [0.2, 0.25) is 0 Å². The van der Waals surface area contributed by atoms with Crippen LogP contribution in [0.5, 0.6) is 5.75 Å². The maximum absolute atomic E-state index is 13.0. The fraction of sp³-hybridized carbons (Fsp3) is 0.333. The highest BCUT2D eigenvalue weighted by Crippen LogP contribution is 2.38. The maximum atomic E-state index is 13.0. The molecular formula is C21H23NO4. The molecule has 1 fully saturated rings. The minimum absolute atomic E-state index is 0.116. The third kappa shape index (κ3) is 3.29. The Balaban J connectivity index is 1.93. The minimum Gasteiger partial charge on any atom is -0.496 e. The minimum atomic E-state index is -0.892. The highest BCUT2D eigenvalue weighted by molar-refractivity contribution is 5.96. The summed E-state index contributed by atoms with van der Waals surface area (Å²) in [4.78, 5) is 26.5. The Hall–Kier alpha value is -2.82. The Morgan fingerprint density at radius 2 is 1.85 bits per heavy atom. The van der Waals surface area contributed by atoms with Crippen LogP contribution in [0.3, 0.4) is 0 Å². The van der Waals surface area contributed by atoms with Crippen LogP contribution in [-0.4, -0.2) is 42.1 Å². The van der Waals surface area contributed by atoms with E-state index in [4.69, 9.17) is 4.74 Å². The van der Waals surface area contributed by atoms with Gasteiger partial charge in [0, 0.05) is 24.6 Å². The van der Waals surface area contributed by atoms with Gasteiger partial charge in [0.25, 0.3) is 5.91 Å². The number of para-hydroxylation sites is 1. The van der Waals surface area contributed by atoms with Gasteiger partial charge in [0.1, 0.15) is 5.75 Å². The lowest BCUT2D eigenvalue weighted by molar-refractivity contribution is -0.141. The largest absolute Gasteiger partial charge is 0.496 e. The van der Waals surface area contributed by atoms with Crippen molar-refractivity contribution in [2.75, 3.05) is 20.2 Å². The van der Waals surface area contributed by atoms with Gasteiger partial charge >= 0.3 is 5.97 Å². The van der Waals surface area contributed by atoms with Gasteiger partial charge in [-0.1, -0.05) is 35.9 Å². The molecule has 0 aromatic heterocycles. The summed E-state index contributed by atoms with van der Waals surface area (Å²) in [5.41, 5.74) is 3.37. The number of rotatable bonds is 4. The van der Waals surface area contributed by atoms with Crippen LogP contribution in [0, 0.1) is 19.8 Å². The monoisotopic (exact) mass is 353 g/mol. The third-order valence-electron chi connectivity index (χ3n) is 5.09. The van der Waals surface area contributed by atoms with Crippen LogP contribution in [0.1, 0.15) is 33.0 Å². The lowest BCUT2D eigenvalue weighted by atomic mass is 9.88. The van der Waals surface area contributed by atoms with E-state index in [1.807, 2.05) is 56.3 Å². The van der Waals surface area contributed by atoms with Gasteiger partial charge in [-0.15, -0.1) is 0 Å². The molecule has 0 unspecified atom stereocenters. The standard InChI is InChI=1S/C21H23NO4/c1-13-8-9-14(2)16(10-13)20(23)22-11-17(18(12-22)21(24)25)15-6-4-5-7-19(15)26-3/h4-10,17-18H,11-12H2,1-3H3,(H,24,25)/t17-,18+/m0/s1. The van der Waals surface area contributed by atoms with Crippen molar-refractivity contribution in [1.82, 2.24) is 4.90 Å². The van der Waals surface area contributed by atoms with Gasteiger partial charge in [-0.2, -0.15) is 0 Å². The molecule has 1 aliphatic rings. The number of likely N-dealkylation sites (tertiary alicyclic amines) is 1. The van der Waals surface area contributed by atoms with E-state index in [9.17, 15) is 14.7 Å². The van der Waals surface area contributed by atoms with Crippen molar-refractivity contribution in [3.8, 4) is 5.75 Å². The Kier molecular flexibility index (Phi) is 4.98. The van der Waals surface area contributed by atoms with Crippen molar-refractivity contribution in [2.45, 2.75) is 19.8 Å². The lowest BCUT2D eigenvalue weighted by Gasteiger charge is -2.19. The molecule has 2 aromatic rings. The van der Waals surface area contributed by atoms with Crippen LogP contribution < -0.4 is 4.74 Å². The molecule has 0 spiro atoms. The molecule has 0 bridgehead atoms. The van der Waals surface area contributed by atoms with Crippen molar-refractivity contribution in [1.29, 1.82) is 0 Å². The number of carboxylic acids is 1. The van der Waals surface area contributed by atoms with Crippen molar-refractivity contribution < 1.29 is 19.4 Å². The number of methoxy groups -OCH3 is 1. The second kappa shape index (κ2) is 7.20. The van der Waals surface area contributed by atoms with E-state index in [0.29, 0.717) is 17.9 Å². The number of carboxylic acid groups (broad SMARTS) is 1. The van der Waals surface area contributed by atoms with Crippen LogP contribution in [0.25, 0.3) is 0 Å². The zero-order chi connectivity index (χ0) is 18.8. The molecule has 3 rings (SSSR count). The summed E-state index contributed by atoms with van der Waals surface area (Å²) >= 11 is 0.